The maximum Gasteiger partial charge on any atom is 0.109 e. The fourth-order valence-electron chi connectivity index (χ4n) is 2.34. The average Bonchev–Trinajstić information content (AvgIpc) is 2.90. The molecule has 0 unspecified atom stereocenters. The van der Waals surface area contributed by atoms with E-state index in [-0.39, 0.29) is 0 Å². The molecule has 3 heteroatoms. The van der Waals surface area contributed by atoms with Crippen LogP contribution in [0.25, 0.3) is 22.2 Å². The van der Waals surface area contributed by atoms with E-state index in [1.165, 1.54) is 11.1 Å². The van der Waals surface area contributed by atoms with Crippen LogP contribution in [0.5, 0.6) is 0 Å². The van der Waals surface area contributed by atoms with E-state index in [4.69, 9.17) is 0 Å². The van der Waals surface area contributed by atoms with E-state index < -0.39 is 0 Å². The number of hydrogen-bond acceptors (Lipinski definition) is 2. The number of rotatable bonds is 3. The zero-order valence-electron chi connectivity index (χ0n) is 12.1. The first-order valence-corrected chi connectivity index (χ1v) is 6.95. The molecule has 3 nitrogen and oxygen atoms in total. The number of fused-ring (bicyclic) bond motifs is 1. The molecule has 0 amide bonds. The first-order valence-electron chi connectivity index (χ1n) is 6.95. The highest BCUT2D eigenvalue weighted by atomic mass is 14.9. The van der Waals surface area contributed by atoms with E-state index >= 15 is 0 Å². The fraction of sp³-hybridized carbons (Fsp3) is 0.235. The van der Waals surface area contributed by atoms with E-state index in [1.54, 1.807) is 0 Å². The molecule has 102 valence electrons. The van der Waals surface area contributed by atoms with Crippen LogP contribution in [0.2, 0.25) is 0 Å². The van der Waals surface area contributed by atoms with Crippen molar-refractivity contribution < 1.29 is 0 Å². The van der Waals surface area contributed by atoms with Crippen molar-refractivity contribution in [2.75, 3.05) is 12.4 Å². The van der Waals surface area contributed by atoms with Crippen molar-refractivity contribution in [3.8, 4) is 11.1 Å². The molecule has 0 saturated carbocycles. The van der Waals surface area contributed by atoms with Gasteiger partial charge in [0.25, 0.3) is 0 Å². The highest BCUT2D eigenvalue weighted by Crippen LogP contribution is 2.26. The Kier molecular flexibility index (Phi) is 3.18. The summed E-state index contributed by atoms with van der Waals surface area (Å²) < 4.78 is 0. The van der Waals surface area contributed by atoms with E-state index in [0.717, 1.165) is 22.5 Å². The molecule has 0 atom stereocenters. The maximum absolute atomic E-state index is 4.61. The van der Waals surface area contributed by atoms with Crippen LogP contribution in [0, 0.1) is 0 Å². The van der Waals surface area contributed by atoms with E-state index in [0.29, 0.717) is 5.92 Å². The smallest absolute Gasteiger partial charge is 0.109 e. The van der Waals surface area contributed by atoms with Crippen LogP contribution in [-0.4, -0.2) is 17.0 Å². The number of nitrogens with one attached hydrogen (secondary N) is 2. The van der Waals surface area contributed by atoms with Gasteiger partial charge in [0.15, 0.2) is 0 Å². The molecule has 1 aromatic heterocycles. The summed E-state index contributed by atoms with van der Waals surface area (Å²) in [6.07, 6.45) is 0. The fourth-order valence-corrected chi connectivity index (χ4v) is 2.34. The Labute approximate surface area is 119 Å². The van der Waals surface area contributed by atoms with Gasteiger partial charge in [0, 0.05) is 18.7 Å². The highest BCUT2D eigenvalue weighted by Gasteiger charge is 2.07. The van der Waals surface area contributed by atoms with Crippen LogP contribution < -0.4 is 5.32 Å². The van der Waals surface area contributed by atoms with Crippen LogP contribution in [-0.2, 0) is 0 Å². The summed E-state index contributed by atoms with van der Waals surface area (Å²) in [5.74, 6) is 1.46. The van der Waals surface area contributed by atoms with Gasteiger partial charge in [0.2, 0.25) is 0 Å². The molecule has 0 radical (unpaired) electrons. The largest absolute Gasteiger partial charge is 0.388 e. The Bertz CT molecular complexity index is 741. The summed E-state index contributed by atoms with van der Waals surface area (Å²) in [5.41, 5.74) is 5.66. The summed E-state index contributed by atoms with van der Waals surface area (Å²) in [4.78, 5) is 8.02. The molecule has 20 heavy (non-hydrogen) atoms. The summed E-state index contributed by atoms with van der Waals surface area (Å²) in [6, 6.07) is 14.8. The van der Waals surface area contributed by atoms with Gasteiger partial charge in [-0.05, 0) is 35.4 Å². The molecular formula is C17H19N3. The third-order valence-corrected chi connectivity index (χ3v) is 3.53. The summed E-state index contributed by atoms with van der Waals surface area (Å²) >= 11 is 0. The number of H-pyrrole nitrogens is 1. The molecule has 1 heterocycles. The molecule has 3 rings (SSSR count). The molecule has 2 N–H and O–H groups in total. The zero-order valence-corrected chi connectivity index (χ0v) is 12.1. The van der Waals surface area contributed by atoms with Crippen LogP contribution >= 0.6 is 0 Å². The lowest BCUT2D eigenvalue weighted by Crippen LogP contribution is -1.88. The van der Waals surface area contributed by atoms with Crippen LogP contribution in [0.3, 0.4) is 0 Å². The third kappa shape index (κ3) is 2.27. The van der Waals surface area contributed by atoms with Crippen molar-refractivity contribution in [2.24, 2.45) is 0 Å². The van der Waals surface area contributed by atoms with Gasteiger partial charge in [-0.2, -0.15) is 0 Å². The van der Waals surface area contributed by atoms with Crippen LogP contribution in [0.4, 0.5) is 5.69 Å². The van der Waals surface area contributed by atoms with E-state index in [2.05, 4.69) is 71.6 Å². The van der Waals surface area contributed by atoms with Gasteiger partial charge in [-0.25, -0.2) is 4.98 Å². The number of nitrogens with zero attached hydrogens (tertiary/aromatic N) is 1. The van der Waals surface area contributed by atoms with Gasteiger partial charge in [-0.3, -0.25) is 0 Å². The Morgan fingerprint density at radius 3 is 2.60 bits per heavy atom. The van der Waals surface area contributed by atoms with Crippen molar-refractivity contribution in [1.29, 1.82) is 0 Å². The number of benzene rings is 2. The molecule has 0 aliphatic carbocycles. The second kappa shape index (κ2) is 5.00. The second-order valence-corrected chi connectivity index (χ2v) is 5.34. The third-order valence-electron chi connectivity index (χ3n) is 3.53. The van der Waals surface area contributed by atoms with Crippen LogP contribution in [0.15, 0.2) is 42.5 Å². The van der Waals surface area contributed by atoms with Crippen molar-refractivity contribution in [3.05, 3.63) is 48.3 Å². The molecular weight excluding hydrogens is 246 g/mol. The Balaban J connectivity index is 2.07. The SMILES string of the molecule is CNc1cccc(-c2ccc3nc(C(C)C)[nH]c3c2)c1. The molecule has 0 bridgehead atoms. The molecule has 0 aliphatic heterocycles. The minimum Gasteiger partial charge on any atom is -0.388 e. The standard InChI is InChI=1S/C17H19N3/c1-11(2)17-19-15-8-7-13(10-16(15)20-17)12-5-4-6-14(9-12)18-3/h4-11,18H,1-3H3,(H,19,20). The molecule has 0 spiro atoms. The van der Waals surface area contributed by atoms with Gasteiger partial charge >= 0.3 is 0 Å². The topological polar surface area (TPSA) is 40.7 Å². The number of hydrogen-bond donors (Lipinski definition) is 2. The van der Waals surface area contributed by atoms with Gasteiger partial charge < -0.3 is 10.3 Å². The normalized spacial score (nSPS) is 11.2. The summed E-state index contributed by atoms with van der Waals surface area (Å²) in [7, 11) is 1.94. The number of anilines is 1. The Morgan fingerprint density at radius 1 is 1.05 bits per heavy atom. The average molecular weight is 265 g/mol. The predicted octanol–water partition coefficient (Wildman–Crippen LogP) is 4.40. The maximum atomic E-state index is 4.61. The number of aromatic amines is 1. The lowest BCUT2D eigenvalue weighted by molar-refractivity contribution is 0.799. The number of aromatic nitrogens is 2. The summed E-state index contributed by atoms with van der Waals surface area (Å²) in [6.45, 7) is 4.30. The van der Waals surface area contributed by atoms with Crippen molar-refractivity contribution in [3.63, 3.8) is 0 Å². The van der Waals surface area contributed by atoms with Gasteiger partial charge in [0.1, 0.15) is 5.82 Å². The zero-order chi connectivity index (χ0) is 14.1. The van der Waals surface area contributed by atoms with Crippen molar-refractivity contribution in [1.82, 2.24) is 9.97 Å². The van der Waals surface area contributed by atoms with E-state index in [9.17, 15) is 0 Å². The number of imidazole rings is 1. The molecule has 3 aromatic rings. The molecule has 0 saturated heterocycles. The first kappa shape index (κ1) is 12.7. The summed E-state index contributed by atoms with van der Waals surface area (Å²) in [5, 5.41) is 3.17. The molecule has 2 aromatic carbocycles. The van der Waals surface area contributed by atoms with Gasteiger partial charge in [-0.15, -0.1) is 0 Å². The minimum atomic E-state index is 0.415. The Hall–Kier alpha value is -2.29. The second-order valence-electron chi connectivity index (χ2n) is 5.34. The lowest BCUT2D eigenvalue weighted by atomic mass is 10.0. The quantitative estimate of drug-likeness (QED) is 0.737. The van der Waals surface area contributed by atoms with Gasteiger partial charge in [0.05, 0.1) is 11.0 Å². The highest BCUT2D eigenvalue weighted by molar-refractivity contribution is 5.82. The predicted molar refractivity (Wildman–Crippen MR) is 85.2 cm³/mol. The van der Waals surface area contributed by atoms with Crippen LogP contribution in [0.1, 0.15) is 25.6 Å². The molecule has 0 fully saturated rings. The monoisotopic (exact) mass is 265 g/mol. The first-order chi connectivity index (χ1) is 9.67. The van der Waals surface area contributed by atoms with E-state index in [1.807, 2.05) is 7.05 Å². The molecule has 0 aliphatic rings. The Morgan fingerprint density at radius 2 is 1.85 bits per heavy atom. The van der Waals surface area contributed by atoms with Gasteiger partial charge in [-0.1, -0.05) is 32.0 Å². The van der Waals surface area contributed by atoms with Crippen molar-refractivity contribution in [2.45, 2.75) is 19.8 Å². The van der Waals surface area contributed by atoms with Crippen molar-refractivity contribution >= 4 is 16.7 Å². The minimum absolute atomic E-state index is 0.415. The lowest BCUT2D eigenvalue weighted by Gasteiger charge is -2.05.